The van der Waals surface area contributed by atoms with E-state index in [1.54, 1.807) is 7.05 Å². The molecule has 17 heavy (non-hydrogen) atoms. The highest BCUT2D eigenvalue weighted by Crippen LogP contribution is 2.16. The number of amides is 2. The molecule has 0 rings (SSSR count). The topological polar surface area (TPSA) is 87.5 Å². The van der Waals surface area contributed by atoms with Crippen LogP contribution in [-0.2, 0) is 9.59 Å². The molecular weight excluding hydrogens is 220 g/mol. The van der Waals surface area contributed by atoms with Gasteiger partial charge in [-0.1, -0.05) is 6.92 Å². The minimum atomic E-state index is -0.577. The Balaban J connectivity index is 4.31. The summed E-state index contributed by atoms with van der Waals surface area (Å²) in [4.78, 5) is 24.8. The van der Waals surface area contributed by atoms with Gasteiger partial charge in [0.25, 0.3) is 0 Å². The van der Waals surface area contributed by atoms with Crippen LogP contribution in [0, 0.1) is 11.3 Å². The molecule has 0 aromatic heterocycles. The second-order valence-corrected chi connectivity index (χ2v) is 5.07. The molecule has 100 valence electrons. The molecule has 0 bridgehead atoms. The van der Waals surface area contributed by atoms with Crippen molar-refractivity contribution in [3.05, 3.63) is 0 Å². The lowest BCUT2D eigenvalue weighted by Gasteiger charge is -2.29. The van der Waals surface area contributed by atoms with Crippen LogP contribution in [0.15, 0.2) is 0 Å². The third kappa shape index (κ3) is 5.14. The largest absolute Gasteiger partial charge is 0.359 e. The molecular formula is C11H24N4O2. The Morgan fingerprint density at radius 1 is 1.41 bits per heavy atom. The van der Waals surface area contributed by atoms with Crippen LogP contribution in [0.5, 0.6) is 0 Å². The van der Waals surface area contributed by atoms with Gasteiger partial charge in [-0.25, -0.2) is 5.84 Å². The lowest BCUT2D eigenvalue weighted by molar-refractivity contribution is -0.130. The summed E-state index contributed by atoms with van der Waals surface area (Å²) < 4.78 is 0. The predicted molar refractivity (Wildman–Crippen MR) is 66.8 cm³/mol. The van der Waals surface area contributed by atoms with Crippen molar-refractivity contribution in [3.8, 4) is 0 Å². The van der Waals surface area contributed by atoms with E-state index in [0.717, 1.165) is 0 Å². The summed E-state index contributed by atoms with van der Waals surface area (Å²) in [6, 6.07) is 0. The second kappa shape index (κ2) is 6.56. The van der Waals surface area contributed by atoms with E-state index in [-0.39, 0.29) is 17.7 Å². The van der Waals surface area contributed by atoms with Crippen molar-refractivity contribution in [3.63, 3.8) is 0 Å². The fourth-order valence-electron chi connectivity index (χ4n) is 1.80. The van der Waals surface area contributed by atoms with Crippen LogP contribution in [0.1, 0.15) is 20.8 Å². The lowest BCUT2D eigenvalue weighted by atomic mass is 9.91. The van der Waals surface area contributed by atoms with Gasteiger partial charge in [0, 0.05) is 26.1 Å². The van der Waals surface area contributed by atoms with Gasteiger partial charge in [-0.15, -0.1) is 0 Å². The van der Waals surface area contributed by atoms with Crippen LogP contribution in [0.3, 0.4) is 0 Å². The fraction of sp³-hybridized carbons (Fsp3) is 0.818. The van der Waals surface area contributed by atoms with Crippen molar-refractivity contribution in [2.24, 2.45) is 17.2 Å². The van der Waals surface area contributed by atoms with Crippen LogP contribution >= 0.6 is 0 Å². The molecule has 0 aliphatic carbocycles. The molecule has 0 fully saturated rings. The average Bonchev–Trinajstić information content (AvgIpc) is 2.25. The van der Waals surface area contributed by atoms with Gasteiger partial charge < -0.3 is 10.2 Å². The Hall–Kier alpha value is -1.14. The van der Waals surface area contributed by atoms with Crippen LogP contribution in [0.25, 0.3) is 0 Å². The SMILES string of the molecule is CNC(=O)C(C)CN(C)CC(C)(C)C(=O)NN. The van der Waals surface area contributed by atoms with E-state index >= 15 is 0 Å². The van der Waals surface area contributed by atoms with E-state index in [4.69, 9.17) is 5.84 Å². The molecule has 0 saturated carbocycles. The Bertz CT molecular complexity index is 279. The molecule has 2 amide bonds. The molecule has 6 nitrogen and oxygen atoms in total. The molecule has 0 aromatic carbocycles. The van der Waals surface area contributed by atoms with Crippen molar-refractivity contribution in [1.29, 1.82) is 0 Å². The fourth-order valence-corrected chi connectivity index (χ4v) is 1.80. The maximum Gasteiger partial charge on any atom is 0.240 e. The zero-order valence-corrected chi connectivity index (χ0v) is 11.3. The van der Waals surface area contributed by atoms with Gasteiger partial charge in [0.2, 0.25) is 11.8 Å². The first-order chi connectivity index (χ1) is 7.74. The highest BCUT2D eigenvalue weighted by atomic mass is 16.2. The quantitative estimate of drug-likeness (QED) is 0.328. The first-order valence-electron chi connectivity index (χ1n) is 5.65. The van der Waals surface area contributed by atoms with Gasteiger partial charge in [-0.2, -0.15) is 0 Å². The van der Waals surface area contributed by atoms with Gasteiger partial charge in [-0.05, 0) is 20.9 Å². The van der Waals surface area contributed by atoms with E-state index in [1.165, 1.54) is 0 Å². The number of hydrogen-bond donors (Lipinski definition) is 3. The van der Waals surface area contributed by atoms with Crippen molar-refractivity contribution >= 4 is 11.8 Å². The Labute approximate surface area is 103 Å². The third-order valence-electron chi connectivity index (χ3n) is 2.69. The summed E-state index contributed by atoms with van der Waals surface area (Å²) in [7, 11) is 3.50. The number of hydrogen-bond acceptors (Lipinski definition) is 4. The average molecular weight is 244 g/mol. The van der Waals surface area contributed by atoms with Crippen LogP contribution in [-0.4, -0.2) is 43.9 Å². The first-order valence-corrected chi connectivity index (χ1v) is 5.65. The molecule has 0 radical (unpaired) electrons. The molecule has 0 aliphatic rings. The van der Waals surface area contributed by atoms with Crippen LogP contribution in [0.2, 0.25) is 0 Å². The number of nitrogens with zero attached hydrogens (tertiary/aromatic N) is 1. The molecule has 0 spiro atoms. The van der Waals surface area contributed by atoms with Gasteiger partial charge in [0.15, 0.2) is 0 Å². The maximum absolute atomic E-state index is 11.5. The van der Waals surface area contributed by atoms with Crippen molar-refractivity contribution < 1.29 is 9.59 Å². The number of nitrogens with one attached hydrogen (secondary N) is 2. The highest BCUT2D eigenvalue weighted by Gasteiger charge is 2.29. The second-order valence-electron chi connectivity index (χ2n) is 5.07. The third-order valence-corrected chi connectivity index (χ3v) is 2.69. The molecule has 0 saturated heterocycles. The first kappa shape index (κ1) is 15.9. The zero-order chi connectivity index (χ0) is 13.6. The minimum Gasteiger partial charge on any atom is -0.359 e. The van der Waals surface area contributed by atoms with Gasteiger partial charge in [0.05, 0.1) is 5.41 Å². The molecule has 0 heterocycles. The lowest BCUT2D eigenvalue weighted by Crippen LogP contribution is -2.47. The number of carbonyl (C=O) groups excluding carboxylic acids is 2. The van der Waals surface area contributed by atoms with Crippen molar-refractivity contribution in [2.45, 2.75) is 20.8 Å². The molecule has 0 aliphatic heterocycles. The molecule has 6 heteroatoms. The Kier molecular flexibility index (Phi) is 6.12. The number of carbonyl (C=O) groups is 2. The molecule has 1 atom stereocenters. The summed E-state index contributed by atoms with van der Waals surface area (Å²) in [5, 5.41) is 2.60. The summed E-state index contributed by atoms with van der Waals surface area (Å²) >= 11 is 0. The summed E-state index contributed by atoms with van der Waals surface area (Å²) in [5.74, 6) is 4.80. The van der Waals surface area contributed by atoms with E-state index in [9.17, 15) is 9.59 Å². The number of rotatable bonds is 6. The standard InChI is InChI=1S/C11H24N4O2/c1-8(9(16)13-4)6-15(5)7-11(2,3)10(17)14-12/h8H,6-7,12H2,1-5H3,(H,13,16)(H,14,17). The summed E-state index contributed by atoms with van der Waals surface area (Å²) in [5.41, 5.74) is 1.58. The van der Waals surface area contributed by atoms with E-state index in [2.05, 4.69) is 10.7 Å². The van der Waals surface area contributed by atoms with Crippen molar-refractivity contribution in [2.75, 3.05) is 27.2 Å². The summed E-state index contributed by atoms with van der Waals surface area (Å²) in [6.45, 7) is 6.62. The van der Waals surface area contributed by atoms with Gasteiger partial charge in [-0.3, -0.25) is 15.0 Å². The predicted octanol–water partition coefficient (Wildman–Crippen LogP) is -0.684. The number of nitrogens with two attached hydrogens (primary N) is 1. The monoisotopic (exact) mass is 244 g/mol. The van der Waals surface area contributed by atoms with E-state index in [1.807, 2.05) is 32.7 Å². The minimum absolute atomic E-state index is 0.00191. The normalized spacial score (nSPS) is 13.4. The Morgan fingerprint density at radius 2 is 1.94 bits per heavy atom. The zero-order valence-electron chi connectivity index (χ0n) is 11.3. The van der Waals surface area contributed by atoms with E-state index in [0.29, 0.717) is 13.1 Å². The Morgan fingerprint density at radius 3 is 2.35 bits per heavy atom. The van der Waals surface area contributed by atoms with Gasteiger partial charge in [0.1, 0.15) is 0 Å². The molecule has 0 aromatic rings. The van der Waals surface area contributed by atoms with Crippen molar-refractivity contribution in [1.82, 2.24) is 15.6 Å². The number of hydrazine groups is 1. The molecule has 4 N–H and O–H groups in total. The summed E-state index contributed by atoms with van der Waals surface area (Å²) in [6.07, 6.45) is 0. The molecule has 1 unspecified atom stereocenters. The van der Waals surface area contributed by atoms with E-state index < -0.39 is 5.41 Å². The maximum atomic E-state index is 11.5. The van der Waals surface area contributed by atoms with Crippen LogP contribution in [0.4, 0.5) is 0 Å². The highest BCUT2D eigenvalue weighted by molar-refractivity contribution is 5.81. The van der Waals surface area contributed by atoms with Gasteiger partial charge >= 0.3 is 0 Å². The van der Waals surface area contributed by atoms with Crippen LogP contribution < -0.4 is 16.6 Å². The smallest absolute Gasteiger partial charge is 0.240 e.